The molecule has 0 rings (SSSR count). The Morgan fingerprint density at radius 3 is 2.50 bits per heavy atom. The summed E-state index contributed by atoms with van der Waals surface area (Å²) in [6.07, 6.45) is 4.34. The van der Waals surface area contributed by atoms with Crippen molar-refractivity contribution in [1.82, 2.24) is 0 Å². The van der Waals surface area contributed by atoms with Gasteiger partial charge in [0.1, 0.15) is 0 Å². The van der Waals surface area contributed by atoms with E-state index < -0.39 is 5.60 Å². The van der Waals surface area contributed by atoms with Crippen LogP contribution in [0.4, 0.5) is 0 Å². The first kappa shape index (κ1) is 9.44. The molecule has 1 N–H and O–H groups in total. The summed E-state index contributed by atoms with van der Waals surface area (Å²) >= 11 is 0. The molecule has 0 spiro atoms. The highest BCUT2D eigenvalue weighted by atomic mass is 16.3. The summed E-state index contributed by atoms with van der Waals surface area (Å²) in [7, 11) is 0. The van der Waals surface area contributed by atoms with Crippen LogP contribution >= 0.6 is 0 Å². The van der Waals surface area contributed by atoms with Crippen LogP contribution in [0.5, 0.6) is 0 Å². The Bertz CT molecular complexity index is 143. The number of hydrogen-bond acceptors (Lipinski definition) is 1. The first-order valence-corrected chi connectivity index (χ1v) is 3.55. The third-order valence-electron chi connectivity index (χ3n) is 1.44. The van der Waals surface area contributed by atoms with E-state index in [0.29, 0.717) is 0 Å². The first-order chi connectivity index (χ1) is 4.48. The van der Waals surface area contributed by atoms with Crippen LogP contribution in [-0.2, 0) is 0 Å². The number of allylic oxidation sites excluding steroid dienone is 2. The molecule has 0 heterocycles. The molecule has 0 bridgehead atoms. The quantitative estimate of drug-likeness (QED) is 0.596. The molecule has 58 valence electrons. The molecule has 10 heavy (non-hydrogen) atoms. The van der Waals surface area contributed by atoms with E-state index in [0.717, 1.165) is 12.0 Å². The van der Waals surface area contributed by atoms with Crippen molar-refractivity contribution in [1.29, 1.82) is 0 Å². The van der Waals surface area contributed by atoms with Crippen molar-refractivity contribution in [2.45, 2.75) is 32.8 Å². The summed E-state index contributed by atoms with van der Waals surface area (Å²) in [6.45, 7) is 9.33. The van der Waals surface area contributed by atoms with Crippen molar-refractivity contribution in [3.8, 4) is 0 Å². The second-order valence-electron chi connectivity index (χ2n) is 2.89. The zero-order chi connectivity index (χ0) is 8.20. The van der Waals surface area contributed by atoms with Crippen molar-refractivity contribution in [2.24, 2.45) is 0 Å². The van der Waals surface area contributed by atoms with Gasteiger partial charge in [-0.1, -0.05) is 31.2 Å². The van der Waals surface area contributed by atoms with E-state index in [4.69, 9.17) is 0 Å². The highest BCUT2D eigenvalue weighted by Crippen LogP contribution is 2.10. The van der Waals surface area contributed by atoms with Crippen LogP contribution in [0.3, 0.4) is 0 Å². The molecule has 0 saturated carbocycles. The lowest BCUT2D eigenvalue weighted by molar-refractivity contribution is 0.107. The predicted molar refractivity (Wildman–Crippen MR) is 44.9 cm³/mol. The van der Waals surface area contributed by atoms with E-state index in [1.807, 2.05) is 19.9 Å². The minimum absolute atomic E-state index is 0.668. The molecule has 1 atom stereocenters. The average Bonchev–Trinajstić information content (AvgIpc) is 1.85. The smallest absolute Gasteiger partial charge is 0.0800 e. The minimum Gasteiger partial charge on any atom is -0.386 e. The lowest BCUT2D eigenvalue weighted by Gasteiger charge is -2.15. The van der Waals surface area contributed by atoms with E-state index in [-0.39, 0.29) is 0 Å². The van der Waals surface area contributed by atoms with Gasteiger partial charge in [-0.2, -0.15) is 0 Å². The second kappa shape index (κ2) is 3.57. The summed E-state index contributed by atoms with van der Waals surface area (Å²) in [5.74, 6) is 0. The standard InChI is InChI=1S/C9H16O/c1-5-9(4,10)7-6-8(2)3/h6-7,10H,2,5H2,1,3-4H3/b7-6-. The molecule has 0 aliphatic carbocycles. The number of hydrogen-bond donors (Lipinski definition) is 1. The Hall–Kier alpha value is -0.560. The molecule has 0 aromatic carbocycles. The maximum Gasteiger partial charge on any atom is 0.0800 e. The molecule has 0 saturated heterocycles. The summed E-state index contributed by atoms with van der Waals surface area (Å²) in [5, 5.41) is 9.44. The van der Waals surface area contributed by atoms with Gasteiger partial charge >= 0.3 is 0 Å². The maximum atomic E-state index is 9.44. The maximum absolute atomic E-state index is 9.44. The zero-order valence-corrected chi connectivity index (χ0v) is 7.02. The van der Waals surface area contributed by atoms with E-state index in [2.05, 4.69) is 6.58 Å². The van der Waals surface area contributed by atoms with Gasteiger partial charge < -0.3 is 5.11 Å². The number of aliphatic hydroxyl groups is 1. The summed E-state index contributed by atoms with van der Waals surface area (Å²) in [5.41, 5.74) is 0.299. The summed E-state index contributed by atoms with van der Waals surface area (Å²) < 4.78 is 0. The highest BCUT2D eigenvalue weighted by Gasteiger charge is 2.11. The Balaban J connectivity index is 3.99. The van der Waals surface area contributed by atoms with Crippen LogP contribution < -0.4 is 0 Å². The van der Waals surface area contributed by atoms with Gasteiger partial charge in [0.05, 0.1) is 5.60 Å². The van der Waals surface area contributed by atoms with Crippen molar-refractivity contribution in [3.05, 3.63) is 24.3 Å². The van der Waals surface area contributed by atoms with Crippen LogP contribution in [0, 0.1) is 0 Å². The van der Waals surface area contributed by atoms with Gasteiger partial charge in [0.2, 0.25) is 0 Å². The fourth-order valence-electron chi connectivity index (χ4n) is 0.440. The SMILES string of the molecule is C=C(C)/C=C\C(C)(O)CC. The van der Waals surface area contributed by atoms with Crippen LogP contribution in [0.15, 0.2) is 24.3 Å². The van der Waals surface area contributed by atoms with Crippen LogP contribution in [0.25, 0.3) is 0 Å². The average molecular weight is 140 g/mol. The molecule has 1 heteroatoms. The van der Waals surface area contributed by atoms with Gasteiger partial charge in [0.25, 0.3) is 0 Å². The van der Waals surface area contributed by atoms with Gasteiger partial charge in [-0.25, -0.2) is 0 Å². The van der Waals surface area contributed by atoms with Crippen molar-refractivity contribution < 1.29 is 5.11 Å². The second-order valence-corrected chi connectivity index (χ2v) is 2.89. The minimum atomic E-state index is -0.668. The summed E-state index contributed by atoms with van der Waals surface area (Å²) in [6, 6.07) is 0. The molecule has 0 aliphatic rings. The Kier molecular flexibility index (Phi) is 3.37. The van der Waals surface area contributed by atoms with Gasteiger partial charge in [0, 0.05) is 0 Å². The van der Waals surface area contributed by atoms with E-state index in [1.165, 1.54) is 0 Å². The fourth-order valence-corrected chi connectivity index (χ4v) is 0.440. The molecular weight excluding hydrogens is 124 g/mol. The van der Waals surface area contributed by atoms with Crippen LogP contribution in [-0.4, -0.2) is 10.7 Å². The van der Waals surface area contributed by atoms with E-state index in [1.54, 1.807) is 13.0 Å². The van der Waals surface area contributed by atoms with Gasteiger partial charge in [-0.15, -0.1) is 0 Å². The molecule has 0 aliphatic heterocycles. The van der Waals surface area contributed by atoms with Gasteiger partial charge in [0.15, 0.2) is 0 Å². The fraction of sp³-hybridized carbons (Fsp3) is 0.556. The van der Waals surface area contributed by atoms with Gasteiger partial charge in [-0.05, 0) is 20.3 Å². The zero-order valence-electron chi connectivity index (χ0n) is 7.02. The summed E-state index contributed by atoms with van der Waals surface area (Å²) in [4.78, 5) is 0. The lowest BCUT2D eigenvalue weighted by atomic mass is 10.0. The Morgan fingerprint density at radius 1 is 1.70 bits per heavy atom. The molecule has 0 radical (unpaired) electrons. The van der Waals surface area contributed by atoms with Gasteiger partial charge in [-0.3, -0.25) is 0 Å². The largest absolute Gasteiger partial charge is 0.386 e. The van der Waals surface area contributed by atoms with E-state index >= 15 is 0 Å². The normalized spacial score (nSPS) is 17.2. The van der Waals surface area contributed by atoms with Crippen molar-refractivity contribution in [3.63, 3.8) is 0 Å². The third kappa shape index (κ3) is 4.33. The molecule has 0 fully saturated rings. The monoisotopic (exact) mass is 140 g/mol. The highest BCUT2D eigenvalue weighted by molar-refractivity contribution is 5.14. The number of rotatable bonds is 3. The van der Waals surface area contributed by atoms with Crippen LogP contribution in [0.1, 0.15) is 27.2 Å². The molecule has 0 amide bonds. The predicted octanol–water partition coefficient (Wildman–Crippen LogP) is 2.28. The first-order valence-electron chi connectivity index (χ1n) is 3.55. The van der Waals surface area contributed by atoms with Crippen molar-refractivity contribution >= 4 is 0 Å². The molecule has 0 aromatic rings. The Labute approximate surface area is 63.1 Å². The van der Waals surface area contributed by atoms with Crippen molar-refractivity contribution in [2.75, 3.05) is 0 Å². The molecule has 1 nitrogen and oxygen atoms in total. The molecular formula is C9H16O. The lowest BCUT2D eigenvalue weighted by Crippen LogP contribution is -2.18. The molecule has 1 unspecified atom stereocenters. The van der Waals surface area contributed by atoms with Crippen LogP contribution in [0.2, 0.25) is 0 Å². The topological polar surface area (TPSA) is 20.2 Å². The third-order valence-corrected chi connectivity index (χ3v) is 1.44. The molecule has 0 aromatic heterocycles. The van der Waals surface area contributed by atoms with E-state index in [9.17, 15) is 5.11 Å². The Morgan fingerprint density at radius 2 is 2.20 bits per heavy atom.